The Balaban J connectivity index is 1.41. The van der Waals surface area contributed by atoms with E-state index in [1.165, 1.54) is 16.2 Å². The van der Waals surface area contributed by atoms with Crippen molar-refractivity contribution in [3.8, 4) is 10.6 Å². The van der Waals surface area contributed by atoms with Crippen molar-refractivity contribution in [2.75, 3.05) is 0 Å². The summed E-state index contributed by atoms with van der Waals surface area (Å²) in [5.74, 6) is -0.181. The quantitative estimate of drug-likeness (QED) is 0.595. The van der Waals surface area contributed by atoms with Gasteiger partial charge < -0.3 is 5.32 Å². The molecule has 5 nitrogen and oxygen atoms in total. The van der Waals surface area contributed by atoms with Crippen molar-refractivity contribution in [3.05, 3.63) is 75.2 Å². The van der Waals surface area contributed by atoms with Gasteiger partial charge in [-0.25, -0.2) is 9.78 Å². The molecule has 1 aromatic heterocycles. The third-order valence-electron chi connectivity index (χ3n) is 5.37. The molecule has 1 aliphatic carbocycles. The van der Waals surface area contributed by atoms with E-state index in [0.717, 1.165) is 32.6 Å². The molecule has 7 heteroatoms. The van der Waals surface area contributed by atoms with Crippen molar-refractivity contribution in [2.45, 2.75) is 24.9 Å². The number of nitrogens with one attached hydrogen (secondary N) is 1. The first kappa shape index (κ1) is 17.6. The fraction of sp³-hybridized carbons (Fsp3) is 0.190. The lowest BCUT2D eigenvalue weighted by molar-refractivity contribution is -0.132. The smallest absolute Gasteiger partial charge is 0.319 e. The third-order valence-corrected chi connectivity index (χ3v) is 6.80. The number of rotatable bonds is 3. The van der Waals surface area contributed by atoms with Crippen molar-refractivity contribution < 1.29 is 9.59 Å². The number of aryl methyl sites for hydroxylation is 1. The molecule has 5 rings (SSSR count). The molecule has 0 bridgehead atoms. The maximum Gasteiger partial charge on any atom is 0.325 e. The Kier molecular flexibility index (Phi) is 4.10. The van der Waals surface area contributed by atoms with Crippen LogP contribution in [0.3, 0.4) is 0 Å². The molecule has 3 aromatic rings. The highest BCUT2D eigenvalue weighted by atomic mass is 79.9. The molecule has 2 aromatic carbocycles. The Morgan fingerprint density at radius 3 is 2.89 bits per heavy atom. The number of thiazole rings is 1. The number of fused-ring (bicyclic) bond motifs is 2. The highest BCUT2D eigenvalue weighted by Gasteiger charge is 2.55. The van der Waals surface area contributed by atoms with Crippen molar-refractivity contribution in [1.29, 1.82) is 0 Å². The molecule has 1 N–H and O–H groups in total. The summed E-state index contributed by atoms with van der Waals surface area (Å²) in [7, 11) is 0. The molecular weight excluding hydrogens is 438 g/mol. The highest BCUT2D eigenvalue weighted by Crippen LogP contribution is 2.41. The predicted molar refractivity (Wildman–Crippen MR) is 111 cm³/mol. The van der Waals surface area contributed by atoms with Gasteiger partial charge in [-0.2, -0.15) is 0 Å². The number of nitrogens with zero attached hydrogens (tertiary/aromatic N) is 2. The number of carbonyl (C=O) groups excluding carboxylic acids is 2. The molecule has 1 aliphatic heterocycles. The molecule has 2 aliphatic rings. The zero-order chi connectivity index (χ0) is 19.3. The number of benzene rings is 2. The van der Waals surface area contributed by atoms with Gasteiger partial charge in [-0.05, 0) is 36.1 Å². The third kappa shape index (κ3) is 2.69. The molecule has 140 valence electrons. The van der Waals surface area contributed by atoms with Crippen molar-refractivity contribution >= 4 is 39.2 Å². The van der Waals surface area contributed by atoms with E-state index in [2.05, 4.69) is 26.2 Å². The van der Waals surface area contributed by atoms with Crippen LogP contribution in [0.2, 0.25) is 0 Å². The normalized spacial score (nSPS) is 20.7. The minimum Gasteiger partial charge on any atom is -0.319 e. The molecule has 1 atom stereocenters. The summed E-state index contributed by atoms with van der Waals surface area (Å²) in [5, 5.41) is 5.73. The van der Waals surface area contributed by atoms with Gasteiger partial charge >= 0.3 is 6.03 Å². The second-order valence-corrected chi connectivity index (χ2v) is 8.81. The number of carbonyl (C=O) groups is 2. The van der Waals surface area contributed by atoms with Crippen LogP contribution in [0, 0.1) is 0 Å². The first-order valence-electron chi connectivity index (χ1n) is 9.00. The van der Waals surface area contributed by atoms with E-state index in [1.54, 1.807) is 0 Å². The number of halogens is 1. The van der Waals surface area contributed by atoms with Gasteiger partial charge in [-0.1, -0.05) is 52.3 Å². The number of hydrogen-bond acceptors (Lipinski definition) is 4. The molecule has 1 fully saturated rings. The summed E-state index contributed by atoms with van der Waals surface area (Å²) in [5.41, 5.74) is 2.85. The number of urea groups is 1. The van der Waals surface area contributed by atoms with Crippen LogP contribution in [0.4, 0.5) is 4.79 Å². The van der Waals surface area contributed by atoms with Gasteiger partial charge in [0.25, 0.3) is 5.91 Å². The predicted octanol–water partition coefficient (Wildman–Crippen LogP) is 4.47. The van der Waals surface area contributed by atoms with E-state index in [9.17, 15) is 9.59 Å². The first-order chi connectivity index (χ1) is 13.6. The number of amides is 3. The van der Waals surface area contributed by atoms with E-state index >= 15 is 0 Å². The summed E-state index contributed by atoms with van der Waals surface area (Å²) in [6.07, 6.45) is 1.40. The Labute approximate surface area is 174 Å². The van der Waals surface area contributed by atoms with Crippen LogP contribution in [0.1, 0.15) is 23.2 Å². The summed E-state index contributed by atoms with van der Waals surface area (Å²) in [6.45, 7) is 0.180. The molecule has 0 saturated carbocycles. The van der Waals surface area contributed by atoms with Crippen LogP contribution in [-0.2, 0) is 23.3 Å². The standard InChI is InChI=1S/C21H16BrN3O2S/c22-15-6-3-5-14(10-15)18-23-16(12-28-18)11-25-19(26)21(24-20(25)27)9-8-13-4-1-2-7-17(13)21/h1-7,10,12H,8-9,11H2,(H,24,27). The Hall–Kier alpha value is -2.51. The van der Waals surface area contributed by atoms with E-state index in [4.69, 9.17) is 0 Å². The minimum atomic E-state index is -0.920. The van der Waals surface area contributed by atoms with Crippen molar-refractivity contribution in [1.82, 2.24) is 15.2 Å². The Morgan fingerprint density at radius 2 is 2.04 bits per heavy atom. The summed E-state index contributed by atoms with van der Waals surface area (Å²) >= 11 is 4.98. The second kappa shape index (κ2) is 6.53. The zero-order valence-electron chi connectivity index (χ0n) is 14.8. The molecule has 0 radical (unpaired) electrons. The molecule has 1 saturated heterocycles. The fourth-order valence-corrected chi connectivity index (χ4v) is 5.24. The van der Waals surface area contributed by atoms with Crippen LogP contribution in [0.5, 0.6) is 0 Å². The van der Waals surface area contributed by atoms with Crippen molar-refractivity contribution in [2.24, 2.45) is 0 Å². The van der Waals surface area contributed by atoms with E-state index in [1.807, 2.05) is 53.9 Å². The lowest BCUT2D eigenvalue weighted by atomic mass is 9.92. The van der Waals surface area contributed by atoms with Gasteiger partial charge in [0.05, 0.1) is 12.2 Å². The van der Waals surface area contributed by atoms with Gasteiger partial charge in [0.15, 0.2) is 0 Å². The highest BCUT2D eigenvalue weighted by molar-refractivity contribution is 9.10. The zero-order valence-corrected chi connectivity index (χ0v) is 17.2. The van der Waals surface area contributed by atoms with Crippen LogP contribution in [0.25, 0.3) is 10.6 Å². The topological polar surface area (TPSA) is 62.3 Å². The maximum absolute atomic E-state index is 13.2. The Bertz CT molecular complexity index is 1110. The largest absolute Gasteiger partial charge is 0.325 e. The van der Waals surface area contributed by atoms with Gasteiger partial charge in [-0.3, -0.25) is 9.69 Å². The lowest BCUT2D eigenvalue weighted by Crippen LogP contribution is -2.41. The van der Waals surface area contributed by atoms with Crippen LogP contribution >= 0.6 is 27.3 Å². The first-order valence-corrected chi connectivity index (χ1v) is 10.7. The van der Waals surface area contributed by atoms with Crippen LogP contribution in [-0.4, -0.2) is 21.8 Å². The van der Waals surface area contributed by atoms with Crippen LogP contribution < -0.4 is 5.32 Å². The minimum absolute atomic E-state index is 0.180. The fourth-order valence-electron chi connectivity index (χ4n) is 4.03. The average Bonchev–Trinajstić information content (AvgIpc) is 3.37. The number of aromatic nitrogens is 1. The van der Waals surface area contributed by atoms with Crippen molar-refractivity contribution in [3.63, 3.8) is 0 Å². The number of imide groups is 1. The molecule has 1 spiro atoms. The van der Waals surface area contributed by atoms with E-state index in [0.29, 0.717) is 12.1 Å². The maximum atomic E-state index is 13.2. The molecule has 2 heterocycles. The molecule has 1 unspecified atom stereocenters. The van der Waals surface area contributed by atoms with Gasteiger partial charge in [-0.15, -0.1) is 11.3 Å². The van der Waals surface area contributed by atoms with Gasteiger partial charge in [0.2, 0.25) is 0 Å². The summed E-state index contributed by atoms with van der Waals surface area (Å²) < 4.78 is 0.984. The average molecular weight is 454 g/mol. The monoisotopic (exact) mass is 453 g/mol. The Morgan fingerprint density at radius 1 is 1.18 bits per heavy atom. The van der Waals surface area contributed by atoms with E-state index in [-0.39, 0.29) is 18.5 Å². The van der Waals surface area contributed by atoms with Crippen LogP contribution in [0.15, 0.2) is 58.4 Å². The SMILES string of the molecule is O=C1NC2(CCc3ccccc32)C(=O)N1Cc1csc(-c2cccc(Br)c2)n1. The summed E-state index contributed by atoms with van der Waals surface area (Å²) in [6, 6.07) is 15.4. The molecular formula is C21H16BrN3O2S. The molecule has 28 heavy (non-hydrogen) atoms. The van der Waals surface area contributed by atoms with Gasteiger partial charge in [0, 0.05) is 15.4 Å². The van der Waals surface area contributed by atoms with E-state index < -0.39 is 5.54 Å². The van der Waals surface area contributed by atoms with Gasteiger partial charge in [0.1, 0.15) is 10.5 Å². The number of hydrogen-bond donors (Lipinski definition) is 1. The lowest BCUT2D eigenvalue weighted by Gasteiger charge is -2.22. The molecule has 3 amide bonds. The second-order valence-electron chi connectivity index (χ2n) is 7.04. The summed E-state index contributed by atoms with van der Waals surface area (Å²) in [4.78, 5) is 31.8.